The zero-order chi connectivity index (χ0) is 18.5. The summed E-state index contributed by atoms with van der Waals surface area (Å²) in [6.07, 6.45) is 0. The van der Waals surface area contributed by atoms with Crippen LogP contribution in [0.5, 0.6) is 0 Å². The normalized spacial score (nSPS) is 9.81. The Hall–Kier alpha value is -3.05. The molecule has 3 aromatic carbocycles. The monoisotopic (exact) mass is 357 g/mol. The number of isothiocyanates is 1. The van der Waals surface area contributed by atoms with Crippen LogP contribution in [-0.4, -0.2) is 5.16 Å². The van der Waals surface area contributed by atoms with Gasteiger partial charge in [0.25, 0.3) is 0 Å². The average molecular weight is 357 g/mol. The summed E-state index contributed by atoms with van der Waals surface area (Å²) in [4.78, 5) is 3.94. The van der Waals surface area contributed by atoms with Gasteiger partial charge in [0.2, 0.25) is 0 Å². The van der Waals surface area contributed by atoms with Crippen LogP contribution >= 0.6 is 12.2 Å². The molecule has 0 aliphatic carbocycles. The first-order valence-corrected chi connectivity index (χ1v) is 8.55. The van der Waals surface area contributed by atoms with Crippen LogP contribution in [0.2, 0.25) is 0 Å². The highest BCUT2D eigenvalue weighted by Gasteiger charge is 2.04. The standard InChI is InChI=1S/C23H16FNS/c1-16-13-17(2)22(23(24)14-16)12-5-18-3-6-19(7-4-18)20-8-10-21(11-9-20)25-15-26/h3-4,6-11,13-14H,1-2H3. The molecule has 0 amide bonds. The van der Waals surface area contributed by atoms with Gasteiger partial charge in [-0.3, -0.25) is 0 Å². The Morgan fingerprint density at radius 3 is 2.04 bits per heavy atom. The maximum absolute atomic E-state index is 14.1. The Morgan fingerprint density at radius 2 is 1.46 bits per heavy atom. The molecule has 3 aromatic rings. The van der Waals surface area contributed by atoms with E-state index in [9.17, 15) is 4.39 Å². The Balaban J connectivity index is 1.84. The second-order valence-corrected chi connectivity index (χ2v) is 6.20. The van der Waals surface area contributed by atoms with Gasteiger partial charge in [0.1, 0.15) is 5.82 Å². The molecule has 0 fully saturated rings. The minimum absolute atomic E-state index is 0.273. The molecule has 0 spiro atoms. The molecule has 0 atom stereocenters. The van der Waals surface area contributed by atoms with E-state index in [0.717, 1.165) is 33.5 Å². The number of benzene rings is 3. The molecule has 0 saturated heterocycles. The molecule has 0 aliphatic heterocycles. The lowest BCUT2D eigenvalue weighted by Gasteiger charge is -2.03. The van der Waals surface area contributed by atoms with Crippen molar-refractivity contribution in [2.75, 3.05) is 0 Å². The van der Waals surface area contributed by atoms with E-state index in [2.05, 4.69) is 34.2 Å². The molecule has 3 rings (SSSR count). The van der Waals surface area contributed by atoms with Crippen LogP contribution in [0.4, 0.5) is 10.1 Å². The van der Waals surface area contributed by atoms with Crippen molar-refractivity contribution >= 4 is 23.1 Å². The van der Waals surface area contributed by atoms with E-state index in [0.29, 0.717) is 5.56 Å². The van der Waals surface area contributed by atoms with Crippen LogP contribution in [0.15, 0.2) is 65.7 Å². The smallest absolute Gasteiger partial charge is 0.139 e. The first-order valence-electron chi connectivity index (χ1n) is 8.14. The molecule has 0 bridgehead atoms. The van der Waals surface area contributed by atoms with Crippen molar-refractivity contribution in [3.63, 3.8) is 0 Å². The number of nitrogens with zero attached hydrogens (tertiary/aromatic N) is 1. The summed E-state index contributed by atoms with van der Waals surface area (Å²) in [6.45, 7) is 3.75. The minimum Gasteiger partial charge on any atom is -0.206 e. The maximum Gasteiger partial charge on any atom is 0.139 e. The second kappa shape index (κ2) is 7.89. The van der Waals surface area contributed by atoms with Crippen LogP contribution in [0.3, 0.4) is 0 Å². The van der Waals surface area contributed by atoms with Crippen molar-refractivity contribution in [2.45, 2.75) is 13.8 Å². The fourth-order valence-electron chi connectivity index (χ4n) is 2.74. The topological polar surface area (TPSA) is 12.4 Å². The molecule has 0 unspecified atom stereocenters. The summed E-state index contributed by atoms with van der Waals surface area (Å²) in [5.74, 6) is 5.72. The molecule has 0 saturated carbocycles. The molecular weight excluding hydrogens is 341 g/mol. The lowest BCUT2D eigenvalue weighted by Crippen LogP contribution is -1.90. The van der Waals surface area contributed by atoms with Gasteiger partial charge in [-0.05, 0) is 78.7 Å². The van der Waals surface area contributed by atoms with Gasteiger partial charge in [0.15, 0.2) is 0 Å². The Morgan fingerprint density at radius 1 is 0.846 bits per heavy atom. The van der Waals surface area contributed by atoms with Crippen molar-refractivity contribution < 1.29 is 4.39 Å². The third kappa shape index (κ3) is 4.13. The van der Waals surface area contributed by atoms with Crippen molar-refractivity contribution in [1.82, 2.24) is 0 Å². The third-order valence-corrected chi connectivity index (χ3v) is 4.12. The zero-order valence-electron chi connectivity index (χ0n) is 14.5. The van der Waals surface area contributed by atoms with Gasteiger partial charge in [-0.15, -0.1) is 0 Å². The first-order chi connectivity index (χ1) is 12.6. The van der Waals surface area contributed by atoms with E-state index in [1.807, 2.05) is 68.4 Å². The molecule has 0 aliphatic rings. The van der Waals surface area contributed by atoms with Gasteiger partial charge in [0.05, 0.1) is 16.4 Å². The first kappa shape index (κ1) is 17.8. The highest BCUT2D eigenvalue weighted by molar-refractivity contribution is 7.78. The predicted octanol–water partition coefficient (Wildman–Crippen LogP) is 6.24. The van der Waals surface area contributed by atoms with Crippen LogP contribution in [0, 0.1) is 31.5 Å². The third-order valence-electron chi connectivity index (χ3n) is 4.02. The summed E-state index contributed by atoms with van der Waals surface area (Å²) in [6, 6.07) is 19.1. The van der Waals surface area contributed by atoms with Crippen LogP contribution in [0.1, 0.15) is 22.3 Å². The quantitative estimate of drug-likeness (QED) is 0.300. The summed E-state index contributed by atoms with van der Waals surface area (Å²) >= 11 is 4.60. The van der Waals surface area contributed by atoms with E-state index in [-0.39, 0.29) is 5.82 Å². The molecule has 26 heavy (non-hydrogen) atoms. The highest BCUT2D eigenvalue weighted by Crippen LogP contribution is 2.23. The lowest BCUT2D eigenvalue weighted by molar-refractivity contribution is 0.622. The Bertz CT molecular complexity index is 1030. The molecular formula is C23H16FNS. The van der Waals surface area contributed by atoms with Gasteiger partial charge < -0.3 is 0 Å². The Labute approximate surface area is 158 Å². The fraction of sp³-hybridized carbons (Fsp3) is 0.0870. The van der Waals surface area contributed by atoms with Crippen LogP contribution < -0.4 is 0 Å². The average Bonchev–Trinajstić information content (AvgIpc) is 2.62. The summed E-state index contributed by atoms with van der Waals surface area (Å²) in [5, 5.41) is 2.36. The molecule has 3 heteroatoms. The number of aryl methyl sites for hydroxylation is 2. The number of rotatable bonds is 2. The van der Waals surface area contributed by atoms with E-state index in [1.165, 1.54) is 6.07 Å². The molecule has 126 valence electrons. The number of thiocarbonyl (C=S) groups is 1. The van der Waals surface area contributed by atoms with Gasteiger partial charge in [-0.1, -0.05) is 42.2 Å². The lowest BCUT2D eigenvalue weighted by atomic mass is 10.0. The molecule has 0 radical (unpaired) electrons. The van der Waals surface area contributed by atoms with Crippen molar-refractivity contribution in [3.05, 3.63) is 88.7 Å². The molecule has 0 aromatic heterocycles. The molecule has 0 heterocycles. The number of hydrogen-bond acceptors (Lipinski definition) is 2. The van der Waals surface area contributed by atoms with Crippen molar-refractivity contribution in [3.8, 4) is 23.0 Å². The van der Waals surface area contributed by atoms with E-state index in [1.54, 1.807) is 0 Å². The molecule has 1 nitrogen and oxygen atoms in total. The molecule has 0 N–H and O–H groups in total. The number of hydrogen-bond donors (Lipinski definition) is 0. The van der Waals surface area contributed by atoms with Crippen molar-refractivity contribution in [2.24, 2.45) is 4.99 Å². The SMILES string of the molecule is Cc1cc(C)c(C#Cc2ccc(-c3ccc(N=C=S)cc3)cc2)c(F)c1. The maximum atomic E-state index is 14.1. The summed E-state index contributed by atoms with van der Waals surface area (Å²) in [7, 11) is 0. The van der Waals surface area contributed by atoms with Gasteiger partial charge in [-0.2, -0.15) is 4.99 Å². The number of halogens is 1. The van der Waals surface area contributed by atoms with E-state index < -0.39 is 0 Å². The van der Waals surface area contributed by atoms with Crippen LogP contribution in [-0.2, 0) is 0 Å². The minimum atomic E-state index is -0.273. The second-order valence-electron chi connectivity index (χ2n) is 6.02. The van der Waals surface area contributed by atoms with E-state index >= 15 is 0 Å². The van der Waals surface area contributed by atoms with Gasteiger partial charge >= 0.3 is 0 Å². The fourth-order valence-corrected chi connectivity index (χ4v) is 2.84. The predicted molar refractivity (Wildman–Crippen MR) is 108 cm³/mol. The summed E-state index contributed by atoms with van der Waals surface area (Å²) in [5.41, 5.74) is 5.98. The summed E-state index contributed by atoms with van der Waals surface area (Å²) < 4.78 is 14.1. The van der Waals surface area contributed by atoms with Crippen LogP contribution in [0.25, 0.3) is 11.1 Å². The largest absolute Gasteiger partial charge is 0.206 e. The Kier molecular flexibility index (Phi) is 5.39. The number of aliphatic imine (C=N–C) groups is 1. The van der Waals surface area contributed by atoms with Crippen molar-refractivity contribution in [1.29, 1.82) is 0 Å². The highest BCUT2D eigenvalue weighted by atomic mass is 32.1. The zero-order valence-corrected chi connectivity index (χ0v) is 15.3. The van der Waals surface area contributed by atoms with Gasteiger partial charge in [-0.25, -0.2) is 4.39 Å². The van der Waals surface area contributed by atoms with E-state index in [4.69, 9.17) is 0 Å². The van der Waals surface area contributed by atoms with Gasteiger partial charge in [0, 0.05) is 5.56 Å².